The Kier molecular flexibility index (Phi) is 13.6. The zero-order valence-corrected chi connectivity index (χ0v) is 43.0. The number of pyridine rings is 3. The molecule has 0 N–H and O–H groups in total. The van der Waals surface area contributed by atoms with Gasteiger partial charge in [-0.15, -0.1) is 0 Å². The van der Waals surface area contributed by atoms with E-state index in [0.717, 1.165) is 38.9 Å². The van der Waals surface area contributed by atoms with Crippen LogP contribution in [0.2, 0.25) is 0 Å². The number of benzene rings is 7. The maximum Gasteiger partial charge on any atom is 0.310 e. The van der Waals surface area contributed by atoms with Crippen molar-refractivity contribution in [2.75, 3.05) is 0 Å². The topological polar surface area (TPSA) is 38.7 Å². The van der Waals surface area contributed by atoms with E-state index in [-0.39, 0.29) is 22.3 Å². The summed E-state index contributed by atoms with van der Waals surface area (Å²) in [7, 11) is 0. The normalized spacial score (nSPS) is 19.9. The van der Waals surface area contributed by atoms with Crippen LogP contribution >= 0.6 is 0 Å². The highest BCUT2D eigenvalue weighted by Gasteiger charge is 2.64. The van der Waals surface area contributed by atoms with Crippen LogP contribution in [-0.4, -0.2) is 38.6 Å². The highest BCUT2D eigenvalue weighted by Crippen LogP contribution is 2.60. The van der Waals surface area contributed by atoms with E-state index in [9.17, 15) is 0 Å². The molecule has 10 aromatic rings. The first-order valence-electron chi connectivity index (χ1n) is 26.6. The van der Waals surface area contributed by atoms with Crippen LogP contribution in [0, 0.1) is 0 Å². The van der Waals surface area contributed by atoms with Gasteiger partial charge >= 0.3 is 23.7 Å². The van der Waals surface area contributed by atoms with E-state index in [0.29, 0.717) is 39.3 Å². The van der Waals surface area contributed by atoms with Gasteiger partial charge in [-0.1, -0.05) is 200 Å². The standard InChI is InChI=1S/C69H51F8N3/c70-66(71)37-58(50-29-31-63(78-41-50)47-17-7-2-8-18-47)60(39-68(66,74)75)53-33-52(34-54(35-53)61-40-69(76,77)67(72,73)38-59(61)51-30-32-64(79-42-51)48-19-9-3-10-20-48)55-23-13-14-24-56(55)62-43-80-65(49-21-11-4-12-22-49)36-57(62)46-27-25-45(26-28-46)44-15-5-1-6-16-44/h1-36,41-43,58-61H,37-40H2. The molecule has 80 heavy (non-hydrogen) atoms. The predicted octanol–water partition coefficient (Wildman–Crippen LogP) is 19.4. The molecule has 7 aromatic carbocycles. The van der Waals surface area contributed by atoms with Crippen LogP contribution in [0.4, 0.5) is 35.1 Å². The van der Waals surface area contributed by atoms with Crippen LogP contribution in [0.5, 0.6) is 0 Å². The lowest BCUT2D eigenvalue weighted by Crippen LogP contribution is -2.48. The molecule has 4 atom stereocenters. The molecule has 3 heterocycles. The Balaban J connectivity index is 1.05. The van der Waals surface area contributed by atoms with Crippen molar-refractivity contribution < 1.29 is 35.1 Å². The lowest BCUT2D eigenvalue weighted by Gasteiger charge is -2.43. The molecule has 3 nitrogen and oxygen atoms in total. The van der Waals surface area contributed by atoms with Gasteiger partial charge in [0.05, 0.1) is 17.1 Å². The van der Waals surface area contributed by atoms with Gasteiger partial charge in [-0.3, -0.25) is 15.0 Å². The van der Waals surface area contributed by atoms with Gasteiger partial charge in [0.15, 0.2) is 0 Å². The van der Waals surface area contributed by atoms with Gasteiger partial charge in [0.25, 0.3) is 0 Å². The Bertz CT molecular complexity index is 3640. The lowest BCUT2D eigenvalue weighted by molar-refractivity contribution is -0.236. The number of alkyl halides is 8. The van der Waals surface area contributed by atoms with E-state index in [1.165, 1.54) is 18.5 Å². The van der Waals surface area contributed by atoms with Crippen LogP contribution in [0.25, 0.3) is 78.3 Å². The van der Waals surface area contributed by atoms with Crippen LogP contribution in [0.15, 0.2) is 237 Å². The van der Waals surface area contributed by atoms with E-state index in [4.69, 9.17) is 4.98 Å². The molecule has 2 fully saturated rings. The molecule has 2 aliphatic carbocycles. The van der Waals surface area contributed by atoms with E-state index < -0.39 is 73.0 Å². The lowest BCUT2D eigenvalue weighted by atomic mass is 9.66. The van der Waals surface area contributed by atoms with Crippen molar-refractivity contribution in [2.24, 2.45) is 0 Å². The molecule has 398 valence electrons. The summed E-state index contributed by atoms with van der Waals surface area (Å²) in [4.78, 5) is 14.2. The monoisotopic (exact) mass is 1070 g/mol. The first-order valence-corrected chi connectivity index (χ1v) is 26.6. The third-order valence-electron chi connectivity index (χ3n) is 16.2. The van der Waals surface area contributed by atoms with Crippen LogP contribution in [0.1, 0.15) is 71.6 Å². The Labute approximate surface area is 458 Å². The number of halogens is 8. The molecular weight excluding hydrogens is 1020 g/mol. The summed E-state index contributed by atoms with van der Waals surface area (Å²) in [5.74, 6) is -22.9. The SMILES string of the molecule is FC1(F)CC(c2ccc(-c3ccccc3)nc2)C(c2cc(-c3ccccc3-c3cnc(-c4ccccc4)cc3-c3ccc(-c4ccccc4)cc3)cc(C3CC(F)(F)C(F)(F)CC3c3ccc(-c4ccccc4)nc3)c2)CC1(F)F. The minimum Gasteiger partial charge on any atom is -0.256 e. The summed E-state index contributed by atoms with van der Waals surface area (Å²) < 4.78 is 129. The highest BCUT2D eigenvalue weighted by atomic mass is 19.3. The summed E-state index contributed by atoms with van der Waals surface area (Å²) in [5.41, 5.74) is 11.0. The number of nitrogens with zero attached hydrogens (tertiary/aromatic N) is 3. The molecule has 2 saturated carbocycles. The van der Waals surface area contributed by atoms with Gasteiger partial charge in [0, 0.05) is 66.5 Å². The summed E-state index contributed by atoms with van der Waals surface area (Å²) >= 11 is 0. The summed E-state index contributed by atoms with van der Waals surface area (Å²) in [6.45, 7) is 0. The minimum atomic E-state index is -4.48. The largest absolute Gasteiger partial charge is 0.310 e. The summed E-state index contributed by atoms with van der Waals surface area (Å²) in [5, 5.41) is 0. The third-order valence-corrected chi connectivity index (χ3v) is 16.2. The summed E-state index contributed by atoms with van der Waals surface area (Å²) in [6.07, 6.45) is -0.432. The van der Waals surface area contributed by atoms with Crippen molar-refractivity contribution in [3.05, 3.63) is 259 Å². The quantitative estimate of drug-likeness (QED) is 0.121. The molecule has 0 bridgehead atoms. The van der Waals surface area contributed by atoms with Crippen molar-refractivity contribution in [1.29, 1.82) is 0 Å². The second-order valence-electron chi connectivity index (χ2n) is 21.1. The highest BCUT2D eigenvalue weighted by molar-refractivity contribution is 5.93. The molecular formula is C69H51F8N3. The molecule has 3 aromatic heterocycles. The fourth-order valence-corrected chi connectivity index (χ4v) is 11.9. The number of aromatic nitrogens is 3. The average molecular weight is 1070 g/mol. The van der Waals surface area contributed by atoms with Gasteiger partial charge in [0.2, 0.25) is 0 Å². The van der Waals surface area contributed by atoms with Gasteiger partial charge in [-0.25, -0.2) is 0 Å². The second kappa shape index (κ2) is 20.9. The molecule has 4 unspecified atom stereocenters. The average Bonchev–Trinajstić information content (AvgIpc) is 3.52. The Morgan fingerprint density at radius 2 is 0.600 bits per heavy atom. The smallest absolute Gasteiger partial charge is 0.256 e. The van der Waals surface area contributed by atoms with Crippen LogP contribution in [0.3, 0.4) is 0 Å². The first-order chi connectivity index (χ1) is 38.6. The van der Waals surface area contributed by atoms with Gasteiger partial charge < -0.3 is 0 Å². The summed E-state index contributed by atoms with van der Waals surface area (Å²) in [6, 6.07) is 66.9. The van der Waals surface area contributed by atoms with Crippen molar-refractivity contribution in [3.63, 3.8) is 0 Å². The van der Waals surface area contributed by atoms with Gasteiger partial charge in [-0.05, 0) is 103 Å². The van der Waals surface area contributed by atoms with E-state index in [2.05, 4.69) is 9.97 Å². The first kappa shape index (κ1) is 52.1. The van der Waals surface area contributed by atoms with E-state index in [1.807, 2.05) is 170 Å². The molecule has 0 amide bonds. The predicted molar refractivity (Wildman–Crippen MR) is 300 cm³/mol. The molecule has 0 saturated heterocycles. The molecule has 2 aliphatic rings. The number of rotatable bonds is 11. The van der Waals surface area contributed by atoms with Crippen molar-refractivity contribution in [2.45, 2.75) is 73.0 Å². The van der Waals surface area contributed by atoms with Crippen LogP contribution in [-0.2, 0) is 0 Å². The molecule has 11 heteroatoms. The zero-order valence-electron chi connectivity index (χ0n) is 43.0. The third kappa shape index (κ3) is 10.1. The maximum atomic E-state index is 16.2. The fourth-order valence-electron chi connectivity index (χ4n) is 11.9. The van der Waals surface area contributed by atoms with E-state index in [1.54, 1.807) is 48.7 Å². The molecule has 0 radical (unpaired) electrons. The number of hydrogen-bond acceptors (Lipinski definition) is 3. The second-order valence-corrected chi connectivity index (χ2v) is 21.1. The van der Waals surface area contributed by atoms with Crippen LogP contribution < -0.4 is 0 Å². The Hall–Kier alpha value is -8.57. The Morgan fingerprint density at radius 3 is 1.02 bits per heavy atom. The molecule has 0 aliphatic heterocycles. The maximum absolute atomic E-state index is 16.2. The van der Waals surface area contributed by atoms with Crippen molar-refractivity contribution >= 4 is 0 Å². The van der Waals surface area contributed by atoms with Gasteiger partial charge in [0.1, 0.15) is 0 Å². The minimum absolute atomic E-state index is 0.172. The Morgan fingerprint density at radius 1 is 0.250 bits per heavy atom. The van der Waals surface area contributed by atoms with E-state index >= 15 is 35.1 Å². The zero-order chi connectivity index (χ0) is 55.2. The van der Waals surface area contributed by atoms with Crippen molar-refractivity contribution in [1.82, 2.24) is 15.0 Å². The molecule has 0 spiro atoms. The van der Waals surface area contributed by atoms with Crippen molar-refractivity contribution in [3.8, 4) is 78.3 Å². The molecule has 12 rings (SSSR count). The van der Waals surface area contributed by atoms with Gasteiger partial charge in [-0.2, -0.15) is 35.1 Å². The number of hydrogen-bond donors (Lipinski definition) is 0. The fraction of sp³-hybridized carbons (Fsp3) is 0.174.